The molecule has 35 heavy (non-hydrogen) atoms. The van der Waals surface area contributed by atoms with Gasteiger partial charge in [-0.25, -0.2) is 0 Å². The monoisotopic (exact) mass is 488 g/mol. The van der Waals surface area contributed by atoms with E-state index in [1.54, 1.807) is 6.07 Å². The van der Waals surface area contributed by atoms with E-state index >= 15 is 0 Å². The van der Waals surface area contributed by atoms with Gasteiger partial charge in [0.25, 0.3) is 0 Å². The fourth-order valence-corrected chi connectivity index (χ4v) is 4.36. The second-order valence-corrected chi connectivity index (χ2v) is 8.56. The number of nitrogens with zero attached hydrogens (tertiary/aromatic N) is 3. The van der Waals surface area contributed by atoms with Gasteiger partial charge in [-0.3, -0.25) is 4.90 Å². The Hall–Kier alpha value is -3.24. The number of alkyl halides is 3. The van der Waals surface area contributed by atoms with Crippen LogP contribution in [0.3, 0.4) is 0 Å². The van der Waals surface area contributed by atoms with E-state index in [1.165, 1.54) is 12.1 Å². The number of piperazine rings is 1. The molecule has 1 aromatic heterocycles. The molecule has 3 aromatic rings. The minimum Gasteiger partial charge on any atom is -0.486 e. The highest BCUT2D eigenvalue weighted by Crippen LogP contribution is 2.39. The zero-order valence-electron chi connectivity index (χ0n) is 19.2. The smallest absolute Gasteiger partial charge is 0.416 e. The molecule has 0 amide bonds. The molecule has 0 bridgehead atoms. The van der Waals surface area contributed by atoms with Crippen molar-refractivity contribution in [3.05, 3.63) is 59.9 Å². The Morgan fingerprint density at radius 2 is 1.74 bits per heavy atom. The summed E-state index contributed by atoms with van der Waals surface area (Å²) in [6, 6.07) is 13.2. The minimum absolute atomic E-state index is 0.504. The number of aromatic nitrogens is 1. The Kier molecular flexibility index (Phi) is 6.83. The predicted octanol–water partition coefficient (Wildman–Crippen LogP) is 4.04. The first-order valence-electron chi connectivity index (χ1n) is 11.7. The van der Waals surface area contributed by atoms with E-state index in [2.05, 4.69) is 15.4 Å². The Balaban J connectivity index is 1.07. The average Bonchev–Trinajstić information content (AvgIpc) is 3.35. The molecule has 1 N–H and O–H groups in total. The summed E-state index contributed by atoms with van der Waals surface area (Å²) >= 11 is 0. The molecule has 0 aliphatic carbocycles. The van der Waals surface area contributed by atoms with Gasteiger partial charge in [0.1, 0.15) is 18.9 Å². The van der Waals surface area contributed by atoms with Crippen LogP contribution >= 0.6 is 0 Å². The van der Waals surface area contributed by atoms with Gasteiger partial charge >= 0.3 is 6.18 Å². The summed E-state index contributed by atoms with van der Waals surface area (Å²) in [6.07, 6.45) is -4.32. The van der Waals surface area contributed by atoms with Crippen molar-refractivity contribution in [3.63, 3.8) is 0 Å². The molecule has 0 atom stereocenters. The van der Waals surface area contributed by atoms with E-state index in [1.807, 2.05) is 29.2 Å². The molecule has 0 saturated carbocycles. The maximum atomic E-state index is 13.0. The van der Waals surface area contributed by atoms with Crippen molar-refractivity contribution >= 4 is 5.69 Å². The van der Waals surface area contributed by atoms with Gasteiger partial charge in [0, 0.05) is 56.6 Å². The third-order valence-electron chi connectivity index (χ3n) is 6.22. The molecular formula is C25H27F3N4O3. The number of para-hydroxylation sites is 1. The van der Waals surface area contributed by atoms with Crippen molar-refractivity contribution < 1.29 is 27.2 Å². The largest absolute Gasteiger partial charge is 0.486 e. The van der Waals surface area contributed by atoms with E-state index in [4.69, 9.17) is 14.0 Å². The lowest BCUT2D eigenvalue weighted by Crippen LogP contribution is -2.48. The third-order valence-corrected chi connectivity index (χ3v) is 6.22. The number of hydrogen-bond acceptors (Lipinski definition) is 7. The van der Waals surface area contributed by atoms with Crippen molar-refractivity contribution in [2.45, 2.75) is 12.7 Å². The highest BCUT2D eigenvalue weighted by Gasteiger charge is 2.31. The van der Waals surface area contributed by atoms with Gasteiger partial charge in [0.2, 0.25) is 0 Å². The van der Waals surface area contributed by atoms with Crippen molar-refractivity contribution in [1.29, 1.82) is 0 Å². The first-order valence-corrected chi connectivity index (χ1v) is 11.7. The molecule has 2 aliphatic heterocycles. The Labute approximate surface area is 201 Å². The van der Waals surface area contributed by atoms with Gasteiger partial charge in [-0.1, -0.05) is 17.3 Å². The molecular weight excluding hydrogens is 461 g/mol. The fourth-order valence-electron chi connectivity index (χ4n) is 4.36. The first-order chi connectivity index (χ1) is 17.0. The average molecular weight is 489 g/mol. The normalized spacial score (nSPS) is 16.5. The number of hydrogen-bond donors (Lipinski definition) is 1. The quantitative estimate of drug-likeness (QED) is 0.504. The lowest BCUT2D eigenvalue weighted by atomic mass is 10.1. The van der Waals surface area contributed by atoms with Crippen LogP contribution in [-0.2, 0) is 12.7 Å². The third kappa shape index (κ3) is 5.54. The zero-order chi connectivity index (χ0) is 24.3. The standard InChI is InChI=1S/C25H27F3N4O3/c26-25(27,28)18-3-1-4-19(15-18)32-11-9-31(10-12-32)8-7-29-17-20-16-22(30-35-20)21-5-2-6-23-24(21)34-14-13-33-23/h1-6,15-16,29H,7-14,17H2. The highest BCUT2D eigenvalue weighted by molar-refractivity contribution is 5.71. The Morgan fingerprint density at radius 1 is 0.943 bits per heavy atom. The van der Waals surface area contributed by atoms with Gasteiger partial charge in [0.15, 0.2) is 17.3 Å². The van der Waals surface area contributed by atoms with Crippen LogP contribution < -0.4 is 19.7 Å². The molecule has 1 fully saturated rings. The van der Waals surface area contributed by atoms with Gasteiger partial charge < -0.3 is 24.2 Å². The maximum absolute atomic E-state index is 13.0. The number of rotatable bonds is 7. The lowest BCUT2D eigenvalue weighted by molar-refractivity contribution is -0.137. The highest BCUT2D eigenvalue weighted by atomic mass is 19.4. The summed E-state index contributed by atoms with van der Waals surface area (Å²) in [4.78, 5) is 4.31. The number of nitrogens with one attached hydrogen (secondary N) is 1. The van der Waals surface area contributed by atoms with Crippen LogP contribution in [0.5, 0.6) is 11.5 Å². The Morgan fingerprint density at radius 3 is 2.57 bits per heavy atom. The van der Waals surface area contributed by atoms with Crippen molar-refractivity contribution in [2.75, 3.05) is 57.4 Å². The van der Waals surface area contributed by atoms with Gasteiger partial charge in [-0.15, -0.1) is 0 Å². The van der Waals surface area contributed by atoms with Crippen LogP contribution in [0.15, 0.2) is 53.1 Å². The summed E-state index contributed by atoms with van der Waals surface area (Å²) in [7, 11) is 0. The first kappa shape index (κ1) is 23.5. The SMILES string of the molecule is FC(F)(F)c1cccc(N2CCN(CCNCc3cc(-c4cccc5c4OCCO5)no3)CC2)c1. The van der Waals surface area contributed by atoms with Crippen molar-refractivity contribution in [1.82, 2.24) is 15.4 Å². The van der Waals surface area contributed by atoms with E-state index < -0.39 is 11.7 Å². The van der Waals surface area contributed by atoms with E-state index in [0.717, 1.165) is 43.6 Å². The summed E-state index contributed by atoms with van der Waals surface area (Å²) in [5.41, 5.74) is 1.56. The van der Waals surface area contributed by atoms with Crippen LogP contribution in [0, 0.1) is 0 Å². The van der Waals surface area contributed by atoms with Gasteiger partial charge in [0.05, 0.1) is 12.1 Å². The number of anilines is 1. The molecule has 2 aliphatic rings. The number of ether oxygens (including phenoxy) is 2. The summed E-state index contributed by atoms with van der Waals surface area (Å²) < 4.78 is 55.9. The van der Waals surface area contributed by atoms with Gasteiger partial charge in [-0.2, -0.15) is 13.2 Å². The second-order valence-electron chi connectivity index (χ2n) is 8.56. The molecule has 7 nitrogen and oxygen atoms in total. The molecule has 10 heteroatoms. The molecule has 0 spiro atoms. The van der Waals surface area contributed by atoms with Crippen LogP contribution in [-0.4, -0.2) is 62.5 Å². The van der Waals surface area contributed by atoms with Gasteiger partial charge in [-0.05, 0) is 30.3 Å². The van der Waals surface area contributed by atoms with Crippen LogP contribution in [0.1, 0.15) is 11.3 Å². The molecule has 3 heterocycles. The summed E-state index contributed by atoms with van der Waals surface area (Å²) in [5.74, 6) is 2.13. The molecule has 186 valence electrons. The number of benzene rings is 2. The maximum Gasteiger partial charge on any atom is 0.416 e. The van der Waals surface area contributed by atoms with Crippen LogP contribution in [0.4, 0.5) is 18.9 Å². The number of halogens is 3. The van der Waals surface area contributed by atoms with E-state index in [-0.39, 0.29) is 0 Å². The number of fused-ring (bicyclic) bond motifs is 1. The molecule has 0 radical (unpaired) electrons. The molecule has 1 saturated heterocycles. The summed E-state index contributed by atoms with van der Waals surface area (Å²) in [5, 5.41) is 7.56. The topological polar surface area (TPSA) is 63.0 Å². The Bertz CT molecular complexity index is 1140. The summed E-state index contributed by atoms with van der Waals surface area (Å²) in [6.45, 7) is 6.17. The molecule has 2 aromatic carbocycles. The minimum atomic E-state index is -4.32. The zero-order valence-corrected chi connectivity index (χ0v) is 19.2. The van der Waals surface area contributed by atoms with E-state index in [9.17, 15) is 13.2 Å². The lowest BCUT2D eigenvalue weighted by Gasteiger charge is -2.36. The second kappa shape index (κ2) is 10.2. The fraction of sp³-hybridized carbons (Fsp3) is 0.400. The predicted molar refractivity (Wildman–Crippen MR) is 125 cm³/mol. The molecule has 5 rings (SSSR count). The van der Waals surface area contributed by atoms with Crippen molar-refractivity contribution in [3.8, 4) is 22.8 Å². The van der Waals surface area contributed by atoms with Crippen molar-refractivity contribution in [2.24, 2.45) is 0 Å². The van der Waals surface area contributed by atoms with Crippen LogP contribution in [0.25, 0.3) is 11.3 Å². The molecule has 0 unspecified atom stereocenters. The van der Waals surface area contributed by atoms with E-state index in [0.29, 0.717) is 55.7 Å². The van der Waals surface area contributed by atoms with Crippen LogP contribution in [0.2, 0.25) is 0 Å².